The molecule has 39 heavy (non-hydrogen) atoms. The van der Waals surface area contributed by atoms with E-state index in [-0.39, 0.29) is 31.1 Å². The third-order valence-electron chi connectivity index (χ3n) is 5.98. The summed E-state index contributed by atoms with van der Waals surface area (Å²) >= 11 is 0. The van der Waals surface area contributed by atoms with Gasteiger partial charge in [-0.15, -0.1) is 0 Å². The molecule has 0 amide bonds. The normalized spacial score (nSPS) is 11.3. The molecule has 5 aromatic rings. The third-order valence-corrected chi connectivity index (χ3v) is 7.29. The number of fused-ring (bicyclic) bond motifs is 1. The zero-order valence-electron chi connectivity index (χ0n) is 21.1. The van der Waals surface area contributed by atoms with Crippen LogP contribution in [0.25, 0.3) is 10.8 Å². The molecule has 0 aliphatic heterocycles. The number of carbonyl (C=O) groups excluding carboxylic acids is 1. The number of phosphoric acid groups is 1. The maximum absolute atomic E-state index is 14.0. The number of rotatable bonds is 11. The average molecular weight is 539 g/mol. The van der Waals surface area contributed by atoms with Gasteiger partial charge in [-0.3, -0.25) is 9.05 Å². The van der Waals surface area contributed by atoms with Crippen molar-refractivity contribution in [3.63, 3.8) is 0 Å². The molecule has 0 aliphatic rings. The number of hydrogen-bond acceptors (Lipinski definition) is 6. The number of benzene rings is 5. The summed E-state index contributed by atoms with van der Waals surface area (Å²) < 4.78 is 37.2. The molecule has 0 N–H and O–H groups in total. The van der Waals surface area contributed by atoms with Gasteiger partial charge in [-0.1, -0.05) is 121 Å². The highest BCUT2D eigenvalue weighted by atomic mass is 31.2. The lowest BCUT2D eigenvalue weighted by atomic mass is 10.0. The summed E-state index contributed by atoms with van der Waals surface area (Å²) in [7, 11) is -4.20. The van der Waals surface area contributed by atoms with E-state index in [1.807, 2.05) is 109 Å². The zero-order valence-corrected chi connectivity index (χ0v) is 22.0. The summed E-state index contributed by atoms with van der Waals surface area (Å²) in [5.74, 6) is -0.556. The van der Waals surface area contributed by atoms with Crippen molar-refractivity contribution in [1.82, 2.24) is 0 Å². The van der Waals surface area contributed by atoms with Gasteiger partial charge in [0.2, 0.25) is 0 Å². The van der Waals surface area contributed by atoms with Gasteiger partial charge in [-0.25, -0.2) is 9.36 Å². The molecule has 0 bridgehead atoms. The van der Waals surface area contributed by atoms with E-state index in [9.17, 15) is 9.36 Å². The van der Waals surface area contributed by atoms with Gasteiger partial charge in [0.05, 0.1) is 13.2 Å². The van der Waals surface area contributed by atoms with Crippen LogP contribution in [0, 0.1) is 0 Å². The van der Waals surface area contributed by atoms with Gasteiger partial charge >= 0.3 is 13.8 Å². The molecule has 6 nitrogen and oxygen atoms in total. The minimum absolute atomic E-state index is 0.00568. The van der Waals surface area contributed by atoms with Gasteiger partial charge in [-0.2, -0.15) is 0 Å². The second-order valence-corrected chi connectivity index (χ2v) is 10.4. The Morgan fingerprint density at radius 3 is 1.62 bits per heavy atom. The summed E-state index contributed by atoms with van der Waals surface area (Å²) in [6.45, 7) is 0.0670. The quantitative estimate of drug-likeness (QED) is 0.125. The molecule has 0 aliphatic carbocycles. The van der Waals surface area contributed by atoms with E-state index in [4.69, 9.17) is 18.3 Å². The van der Waals surface area contributed by atoms with Crippen molar-refractivity contribution in [2.75, 3.05) is 0 Å². The molecule has 0 heterocycles. The maximum atomic E-state index is 14.0. The fourth-order valence-corrected chi connectivity index (χ4v) is 5.19. The van der Waals surface area contributed by atoms with Crippen LogP contribution in [0.15, 0.2) is 127 Å². The smallest absolute Gasteiger partial charge is 0.457 e. The Hall–Kier alpha value is -4.22. The highest BCUT2D eigenvalue weighted by Gasteiger charge is 2.32. The largest absolute Gasteiger partial charge is 0.530 e. The van der Waals surface area contributed by atoms with E-state index in [1.54, 1.807) is 18.2 Å². The standard InChI is InChI=1S/C32H27O6P/c33-32(35-22-25-12-4-1-5-13-25)31-29-19-11-10-18-28(29)20-21-30(31)38-39(34,36-23-26-14-6-2-7-15-26)37-24-27-16-8-3-9-17-27/h1-21H,22-24H2. The minimum atomic E-state index is -4.20. The topological polar surface area (TPSA) is 71.1 Å². The molecule has 0 fully saturated rings. The number of esters is 1. The summed E-state index contributed by atoms with van der Waals surface area (Å²) in [4.78, 5) is 13.4. The van der Waals surface area contributed by atoms with Crippen LogP contribution in [0.1, 0.15) is 27.0 Å². The van der Waals surface area contributed by atoms with Crippen LogP contribution in [-0.2, 0) is 38.2 Å². The minimum Gasteiger partial charge on any atom is -0.457 e. The molecule has 196 valence electrons. The van der Waals surface area contributed by atoms with Crippen molar-refractivity contribution in [3.05, 3.63) is 150 Å². The zero-order chi connectivity index (χ0) is 26.9. The van der Waals surface area contributed by atoms with Gasteiger partial charge in [0.15, 0.2) is 0 Å². The molecule has 0 atom stereocenters. The Morgan fingerprint density at radius 1 is 0.564 bits per heavy atom. The molecule has 0 spiro atoms. The van der Waals surface area contributed by atoms with Crippen LogP contribution in [0.5, 0.6) is 5.75 Å². The first kappa shape index (κ1) is 26.4. The van der Waals surface area contributed by atoms with Crippen LogP contribution in [0.3, 0.4) is 0 Å². The molecule has 0 radical (unpaired) electrons. The van der Waals surface area contributed by atoms with Crippen molar-refractivity contribution < 1.29 is 27.7 Å². The number of carbonyl (C=O) groups is 1. The van der Waals surface area contributed by atoms with Crippen molar-refractivity contribution in [2.45, 2.75) is 19.8 Å². The third kappa shape index (κ3) is 7.01. The van der Waals surface area contributed by atoms with Crippen molar-refractivity contribution in [1.29, 1.82) is 0 Å². The van der Waals surface area contributed by atoms with Gasteiger partial charge < -0.3 is 9.26 Å². The highest BCUT2D eigenvalue weighted by molar-refractivity contribution is 7.48. The Bertz CT molecular complexity index is 1530. The lowest BCUT2D eigenvalue weighted by molar-refractivity contribution is 0.0472. The molecular formula is C32H27O6P. The first-order valence-corrected chi connectivity index (χ1v) is 14.0. The highest BCUT2D eigenvalue weighted by Crippen LogP contribution is 2.52. The van der Waals surface area contributed by atoms with Gasteiger partial charge in [0.25, 0.3) is 0 Å². The fourth-order valence-electron chi connectivity index (χ4n) is 4.00. The fraction of sp³-hybridized carbons (Fsp3) is 0.0938. The van der Waals surface area contributed by atoms with Gasteiger partial charge in [-0.05, 0) is 33.5 Å². The molecule has 0 unspecified atom stereocenters. The summed E-state index contributed by atoms with van der Waals surface area (Å²) in [5, 5.41) is 1.41. The van der Waals surface area contributed by atoms with Crippen LogP contribution in [0.4, 0.5) is 0 Å². The van der Waals surface area contributed by atoms with Crippen molar-refractivity contribution in [2.24, 2.45) is 0 Å². The molecule has 5 rings (SSSR count). The number of phosphoric ester groups is 1. The van der Waals surface area contributed by atoms with Gasteiger partial charge in [0.1, 0.15) is 17.9 Å². The summed E-state index contributed by atoms with van der Waals surface area (Å²) in [5.41, 5.74) is 2.59. The Labute approximate surface area is 227 Å². The van der Waals surface area contributed by atoms with Crippen LogP contribution >= 0.6 is 7.82 Å². The Kier molecular flexibility index (Phi) is 8.49. The SMILES string of the molecule is O=C(OCc1ccccc1)c1c(OP(=O)(OCc2ccccc2)OCc2ccccc2)ccc2ccccc12. The van der Waals surface area contributed by atoms with E-state index in [0.717, 1.165) is 22.1 Å². The average Bonchev–Trinajstić information content (AvgIpc) is 2.99. The first-order chi connectivity index (χ1) is 19.1. The molecule has 0 aromatic heterocycles. The van der Waals surface area contributed by atoms with Crippen molar-refractivity contribution in [3.8, 4) is 5.75 Å². The molecular weight excluding hydrogens is 511 g/mol. The molecule has 5 aromatic carbocycles. The second kappa shape index (κ2) is 12.5. The van der Waals surface area contributed by atoms with E-state index < -0.39 is 13.8 Å². The maximum Gasteiger partial charge on any atom is 0.530 e. The predicted molar refractivity (Wildman–Crippen MR) is 150 cm³/mol. The number of ether oxygens (including phenoxy) is 1. The molecule has 0 saturated carbocycles. The monoisotopic (exact) mass is 538 g/mol. The van der Waals surface area contributed by atoms with Crippen molar-refractivity contribution >= 4 is 24.6 Å². The van der Waals surface area contributed by atoms with E-state index >= 15 is 0 Å². The second-order valence-electron chi connectivity index (χ2n) is 8.78. The summed E-state index contributed by atoms with van der Waals surface area (Å²) in [6, 6.07) is 38.7. The number of hydrogen-bond donors (Lipinski definition) is 0. The molecule has 0 saturated heterocycles. The molecule has 7 heteroatoms. The van der Waals surface area contributed by atoms with Crippen LogP contribution in [-0.4, -0.2) is 5.97 Å². The van der Waals surface area contributed by atoms with Gasteiger partial charge in [0, 0.05) is 0 Å². The predicted octanol–water partition coefficient (Wildman–Crippen LogP) is 8.12. The van der Waals surface area contributed by atoms with Crippen LogP contribution in [0.2, 0.25) is 0 Å². The summed E-state index contributed by atoms with van der Waals surface area (Å²) in [6.07, 6.45) is 0. The van der Waals surface area contributed by atoms with E-state index in [1.165, 1.54) is 0 Å². The first-order valence-electron chi connectivity index (χ1n) is 12.5. The lowest BCUT2D eigenvalue weighted by Crippen LogP contribution is -2.10. The lowest BCUT2D eigenvalue weighted by Gasteiger charge is -2.21. The van der Waals surface area contributed by atoms with E-state index in [0.29, 0.717) is 5.39 Å². The van der Waals surface area contributed by atoms with Crippen LogP contribution < -0.4 is 4.52 Å². The van der Waals surface area contributed by atoms with E-state index in [2.05, 4.69) is 0 Å². The Morgan fingerprint density at radius 2 is 1.05 bits per heavy atom. The Balaban J connectivity index is 1.45.